The molecular formula is C17H23FN2O. The van der Waals surface area contributed by atoms with Crippen molar-refractivity contribution in [3.63, 3.8) is 0 Å². The molecule has 1 saturated heterocycles. The van der Waals surface area contributed by atoms with Crippen LogP contribution in [0.5, 0.6) is 0 Å². The Balaban J connectivity index is 1.84. The van der Waals surface area contributed by atoms with Gasteiger partial charge in [-0.3, -0.25) is 10.1 Å². The SMILES string of the molecule is CC1(C)C(CN2C(=O)CNC2c2ccccc2F)C1(C)C. The largest absolute Gasteiger partial charge is 0.321 e. The fourth-order valence-electron chi connectivity index (χ4n) is 3.71. The lowest BCUT2D eigenvalue weighted by molar-refractivity contribution is -0.128. The molecule has 1 aromatic carbocycles. The lowest BCUT2D eigenvalue weighted by Gasteiger charge is -2.26. The summed E-state index contributed by atoms with van der Waals surface area (Å²) in [5.74, 6) is 0.244. The van der Waals surface area contributed by atoms with Gasteiger partial charge in [0.2, 0.25) is 5.91 Å². The second-order valence-corrected chi connectivity index (χ2v) is 7.35. The summed E-state index contributed by atoms with van der Waals surface area (Å²) < 4.78 is 14.0. The summed E-state index contributed by atoms with van der Waals surface area (Å²) in [5.41, 5.74) is 0.991. The quantitative estimate of drug-likeness (QED) is 0.928. The van der Waals surface area contributed by atoms with Gasteiger partial charge in [-0.2, -0.15) is 0 Å². The third-order valence-electron chi connectivity index (χ3n) is 5.98. The fraction of sp³-hybridized carbons (Fsp3) is 0.588. The molecule has 114 valence electrons. The molecule has 1 aliphatic heterocycles. The minimum absolute atomic E-state index is 0.0572. The van der Waals surface area contributed by atoms with E-state index in [0.29, 0.717) is 18.0 Å². The van der Waals surface area contributed by atoms with Gasteiger partial charge < -0.3 is 4.90 Å². The number of benzene rings is 1. The molecule has 0 radical (unpaired) electrons. The van der Waals surface area contributed by atoms with Gasteiger partial charge in [0.15, 0.2) is 0 Å². The zero-order valence-electron chi connectivity index (χ0n) is 13.1. The van der Waals surface area contributed by atoms with Crippen molar-refractivity contribution in [1.29, 1.82) is 0 Å². The molecule has 1 saturated carbocycles. The first-order valence-electron chi connectivity index (χ1n) is 7.54. The van der Waals surface area contributed by atoms with E-state index in [-0.39, 0.29) is 35.3 Å². The predicted molar refractivity (Wildman–Crippen MR) is 79.9 cm³/mol. The minimum atomic E-state index is -0.342. The van der Waals surface area contributed by atoms with Crippen LogP contribution in [0.1, 0.15) is 39.4 Å². The first-order chi connectivity index (χ1) is 9.76. The normalized spacial score (nSPS) is 27.2. The van der Waals surface area contributed by atoms with Crippen molar-refractivity contribution in [3.05, 3.63) is 35.6 Å². The van der Waals surface area contributed by atoms with Gasteiger partial charge in [-0.1, -0.05) is 45.9 Å². The number of nitrogens with zero attached hydrogens (tertiary/aromatic N) is 1. The van der Waals surface area contributed by atoms with Gasteiger partial charge in [-0.15, -0.1) is 0 Å². The number of carbonyl (C=O) groups excluding carboxylic acids is 1. The summed E-state index contributed by atoms with van der Waals surface area (Å²) in [5, 5.41) is 3.14. The highest BCUT2D eigenvalue weighted by Crippen LogP contribution is 2.68. The first kappa shape index (κ1) is 14.5. The topological polar surface area (TPSA) is 32.3 Å². The van der Waals surface area contributed by atoms with E-state index in [9.17, 15) is 9.18 Å². The molecule has 3 nitrogen and oxygen atoms in total. The van der Waals surface area contributed by atoms with Gasteiger partial charge in [-0.25, -0.2) is 4.39 Å². The molecule has 2 aliphatic rings. The van der Waals surface area contributed by atoms with Crippen molar-refractivity contribution >= 4 is 5.91 Å². The summed E-state index contributed by atoms with van der Waals surface area (Å²) in [7, 11) is 0. The Bertz CT molecular complexity index is 568. The van der Waals surface area contributed by atoms with Crippen LogP contribution in [-0.2, 0) is 4.79 Å². The molecule has 1 N–H and O–H groups in total. The molecule has 0 bridgehead atoms. The monoisotopic (exact) mass is 290 g/mol. The third kappa shape index (κ3) is 2.08. The maximum absolute atomic E-state index is 14.0. The number of amides is 1. The highest BCUT2D eigenvalue weighted by atomic mass is 19.1. The van der Waals surface area contributed by atoms with Crippen LogP contribution < -0.4 is 5.32 Å². The lowest BCUT2D eigenvalue weighted by Crippen LogP contribution is -2.33. The summed E-state index contributed by atoms with van der Waals surface area (Å²) in [6.45, 7) is 9.93. The van der Waals surface area contributed by atoms with Crippen molar-refractivity contribution < 1.29 is 9.18 Å². The number of hydrogen-bond donors (Lipinski definition) is 1. The van der Waals surface area contributed by atoms with E-state index in [2.05, 4.69) is 33.0 Å². The molecule has 2 fully saturated rings. The van der Waals surface area contributed by atoms with Gasteiger partial charge in [0.1, 0.15) is 12.0 Å². The number of nitrogens with one attached hydrogen (secondary N) is 1. The zero-order valence-corrected chi connectivity index (χ0v) is 13.1. The van der Waals surface area contributed by atoms with Crippen LogP contribution >= 0.6 is 0 Å². The van der Waals surface area contributed by atoms with Crippen LogP contribution in [0.3, 0.4) is 0 Å². The molecule has 1 atom stereocenters. The average Bonchev–Trinajstić information content (AvgIpc) is 2.70. The van der Waals surface area contributed by atoms with Crippen molar-refractivity contribution in [2.75, 3.05) is 13.1 Å². The first-order valence-corrected chi connectivity index (χ1v) is 7.54. The van der Waals surface area contributed by atoms with Crippen LogP contribution in [0.25, 0.3) is 0 Å². The van der Waals surface area contributed by atoms with E-state index in [1.54, 1.807) is 17.0 Å². The fourth-order valence-corrected chi connectivity index (χ4v) is 3.71. The molecule has 21 heavy (non-hydrogen) atoms. The zero-order chi connectivity index (χ0) is 15.4. The Morgan fingerprint density at radius 2 is 1.86 bits per heavy atom. The Kier molecular flexibility index (Phi) is 3.14. The molecule has 1 aliphatic carbocycles. The highest BCUT2D eigenvalue weighted by Gasteiger charge is 2.65. The highest BCUT2D eigenvalue weighted by molar-refractivity contribution is 5.81. The molecule has 1 amide bonds. The Morgan fingerprint density at radius 1 is 1.24 bits per heavy atom. The summed E-state index contributed by atoms with van der Waals surface area (Å²) >= 11 is 0. The predicted octanol–water partition coefficient (Wildman–Crippen LogP) is 2.94. The summed E-state index contributed by atoms with van der Waals surface area (Å²) in [6, 6.07) is 6.68. The second-order valence-electron chi connectivity index (χ2n) is 7.35. The van der Waals surface area contributed by atoms with Crippen LogP contribution in [0.4, 0.5) is 4.39 Å². The summed E-state index contributed by atoms with van der Waals surface area (Å²) in [4.78, 5) is 14.0. The standard InChI is InChI=1S/C17H23FN2O/c1-16(2)13(17(16,3)4)10-20-14(21)9-19-15(20)11-7-5-6-8-12(11)18/h5-8,13,15,19H,9-10H2,1-4H3. The van der Waals surface area contributed by atoms with Gasteiger partial charge >= 0.3 is 0 Å². The molecule has 4 heteroatoms. The third-order valence-corrected chi connectivity index (χ3v) is 5.98. The van der Waals surface area contributed by atoms with Crippen molar-refractivity contribution in [2.24, 2.45) is 16.7 Å². The van der Waals surface area contributed by atoms with E-state index >= 15 is 0 Å². The molecule has 1 aromatic rings. The lowest BCUT2D eigenvalue weighted by atomic mass is 10.0. The van der Waals surface area contributed by atoms with Crippen molar-refractivity contribution in [3.8, 4) is 0 Å². The van der Waals surface area contributed by atoms with E-state index in [0.717, 1.165) is 0 Å². The van der Waals surface area contributed by atoms with Crippen LogP contribution in [0, 0.1) is 22.6 Å². The maximum atomic E-state index is 14.0. The maximum Gasteiger partial charge on any atom is 0.238 e. The number of halogens is 1. The minimum Gasteiger partial charge on any atom is -0.321 e. The van der Waals surface area contributed by atoms with E-state index in [4.69, 9.17) is 0 Å². The van der Waals surface area contributed by atoms with Crippen LogP contribution in [0.2, 0.25) is 0 Å². The van der Waals surface area contributed by atoms with Gasteiger partial charge in [0, 0.05) is 12.1 Å². The number of carbonyl (C=O) groups is 1. The van der Waals surface area contributed by atoms with Gasteiger partial charge in [0.05, 0.1) is 6.54 Å². The molecule has 1 heterocycles. The molecule has 3 rings (SSSR count). The molecule has 0 aromatic heterocycles. The number of rotatable bonds is 3. The van der Waals surface area contributed by atoms with Crippen molar-refractivity contribution in [2.45, 2.75) is 33.9 Å². The number of hydrogen-bond acceptors (Lipinski definition) is 2. The van der Waals surface area contributed by atoms with E-state index < -0.39 is 0 Å². The molecular weight excluding hydrogens is 267 g/mol. The second kappa shape index (κ2) is 4.54. The van der Waals surface area contributed by atoms with Crippen LogP contribution in [-0.4, -0.2) is 23.9 Å². The van der Waals surface area contributed by atoms with Crippen molar-refractivity contribution in [1.82, 2.24) is 10.2 Å². The van der Waals surface area contributed by atoms with E-state index in [1.807, 2.05) is 6.07 Å². The average molecular weight is 290 g/mol. The smallest absolute Gasteiger partial charge is 0.238 e. The molecule has 0 spiro atoms. The Morgan fingerprint density at radius 3 is 2.43 bits per heavy atom. The Hall–Kier alpha value is -1.42. The Labute approximate surface area is 125 Å². The van der Waals surface area contributed by atoms with Crippen LogP contribution in [0.15, 0.2) is 24.3 Å². The van der Waals surface area contributed by atoms with Gasteiger partial charge in [-0.05, 0) is 22.8 Å². The van der Waals surface area contributed by atoms with E-state index in [1.165, 1.54) is 6.07 Å². The molecule has 1 unspecified atom stereocenters. The summed E-state index contributed by atoms with van der Waals surface area (Å²) in [6.07, 6.45) is -0.342. The van der Waals surface area contributed by atoms with Gasteiger partial charge in [0.25, 0.3) is 0 Å².